The van der Waals surface area contributed by atoms with E-state index in [2.05, 4.69) is 20.8 Å². The van der Waals surface area contributed by atoms with Gasteiger partial charge < -0.3 is 4.42 Å². The second-order valence-electron chi connectivity index (χ2n) is 4.67. The predicted octanol–water partition coefficient (Wildman–Crippen LogP) is 2.80. The SMILES string of the molecule is CC(C#N)Sc1nnc(C2CC2)n1Cc1ccco1. The molecule has 19 heavy (non-hydrogen) atoms. The van der Waals surface area contributed by atoms with Crippen LogP contribution in [0, 0.1) is 11.3 Å². The van der Waals surface area contributed by atoms with Crippen LogP contribution in [0.5, 0.6) is 0 Å². The third kappa shape index (κ3) is 2.66. The van der Waals surface area contributed by atoms with Crippen molar-refractivity contribution in [3.63, 3.8) is 0 Å². The molecule has 0 aliphatic heterocycles. The largest absolute Gasteiger partial charge is 0.467 e. The summed E-state index contributed by atoms with van der Waals surface area (Å²) in [6, 6.07) is 6.03. The van der Waals surface area contributed by atoms with Crippen LogP contribution < -0.4 is 0 Å². The van der Waals surface area contributed by atoms with Gasteiger partial charge in [-0.2, -0.15) is 5.26 Å². The highest BCUT2D eigenvalue weighted by Gasteiger charge is 2.31. The van der Waals surface area contributed by atoms with Crippen LogP contribution in [-0.4, -0.2) is 20.0 Å². The highest BCUT2D eigenvalue weighted by Crippen LogP contribution is 2.40. The van der Waals surface area contributed by atoms with Gasteiger partial charge in [-0.1, -0.05) is 11.8 Å². The lowest BCUT2D eigenvalue weighted by atomic mass is 10.3. The van der Waals surface area contributed by atoms with Crippen molar-refractivity contribution in [2.24, 2.45) is 0 Å². The summed E-state index contributed by atoms with van der Waals surface area (Å²) < 4.78 is 7.48. The minimum absolute atomic E-state index is 0.133. The molecular formula is C13H14N4OS. The minimum atomic E-state index is -0.133. The Kier molecular flexibility index (Phi) is 3.30. The number of nitrogens with zero attached hydrogens (tertiary/aromatic N) is 4. The van der Waals surface area contributed by atoms with Gasteiger partial charge >= 0.3 is 0 Å². The summed E-state index contributed by atoms with van der Waals surface area (Å²) in [4.78, 5) is 0. The Morgan fingerprint density at radius 1 is 1.58 bits per heavy atom. The zero-order valence-corrected chi connectivity index (χ0v) is 11.4. The molecule has 0 amide bonds. The Morgan fingerprint density at radius 2 is 2.42 bits per heavy atom. The monoisotopic (exact) mass is 274 g/mol. The molecule has 98 valence electrons. The first kappa shape index (κ1) is 12.3. The van der Waals surface area contributed by atoms with E-state index in [-0.39, 0.29) is 5.25 Å². The highest BCUT2D eigenvalue weighted by molar-refractivity contribution is 8.00. The predicted molar refractivity (Wildman–Crippen MR) is 70.7 cm³/mol. The normalized spacial score (nSPS) is 16.2. The molecule has 2 aromatic rings. The summed E-state index contributed by atoms with van der Waals surface area (Å²) in [5.41, 5.74) is 0. The average molecular weight is 274 g/mol. The van der Waals surface area contributed by atoms with Crippen LogP contribution in [0.3, 0.4) is 0 Å². The number of furan rings is 1. The van der Waals surface area contributed by atoms with E-state index >= 15 is 0 Å². The molecule has 1 unspecified atom stereocenters. The molecule has 5 nitrogen and oxygen atoms in total. The fraction of sp³-hybridized carbons (Fsp3) is 0.462. The van der Waals surface area contributed by atoms with Gasteiger partial charge in [-0.15, -0.1) is 10.2 Å². The minimum Gasteiger partial charge on any atom is -0.467 e. The van der Waals surface area contributed by atoms with Gasteiger partial charge in [-0.3, -0.25) is 4.57 Å². The molecule has 1 aliphatic rings. The van der Waals surface area contributed by atoms with Gasteiger partial charge in [0.1, 0.15) is 11.6 Å². The third-order valence-electron chi connectivity index (χ3n) is 3.05. The van der Waals surface area contributed by atoms with E-state index in [1.165, 1.54) is 24.6 Å². The number of rotatable bonds is 5. The van der Waals surface area contributed by atoms with Gasteiger partial charge in [0.05, 0.1) is 24.1 Å². The number of nitriles is 1. The smallest absolute Gasteiger partial charge is 0.192 e. The molecule has 0 aromatic carbocycles. The molecule has 2 aromatic heterocycles. The number of hydrogen-bond donors (Lipinski definition) is 0. The van der Waals surface area contributed by atoms with Gasteiger partial charge in [0.2, 0.25) is 0 Å². The Hall–Kier alpha value is -1.74. The van der Waals surface area contributed by atoms with Crippen LogP contribution in [0.2, 0.25) is 0 Å². The maximum atomic E-state index is 8.93. The van der Waals surface area contributed by atoms with Crippen LogP contribution >= 0.6 is 11.8 Å². The fourth-order valence-corrected chi connectivity index (χ4v) is 2.66. The zero-order valence-electron chi connectivity index (χ0n) is 10.6. The van der Waals surface area contributed by atoms with Crippen molar-refractivity contribution < 1.29 is 4.42 Å². The van der Waals surface area contributed by atoms with Crippen LogP contribution in [0.25, 0.3) is 0 Å². The van der Waals surface area contributed by atoms with Gasteiger partial charge in [0, 0.05) is 5.92 Å². The van der Waals surface area contributed by atoms with Crippen molar-refractivity contribution in [1.29, 1.82) is 5.26 Å². The summed E-state index contributed by atoms with van der Waals surface area (Å²) in [7, 11) is 0. The van der Waals surface area contributed by atoms with Crippen molar-refractivity contribution in [3.8, 4) is 6.07 Å². The molecule has 1 fully saturated rings. The van der Waals surface area contributed by atoms with E-state index in [4.69, 9.17) is 9.68 Å². The molecule has 0 saturated heterocycles. The van der Waals surface area contributed by atoms with Crippen LogP contribution in [0.1, 0.15) is 37.3 Å². The van der Waals surface area contributed by atoms with Crippen LogP contribution in [-0.2, 0) is 6.54 Å². The molecule has 6 heteroatoms. The molecule has 1 atom stereocenters. The topological polar surface area (TPSA) is 67.6 Å². The van der Waals surface area contributed by atoms with E-state index in [0.717, 1.165) is 16.7 Å². The molecular weight excluding hydrogens is 260 g/mol. The fourth-order valence-electron chi connectivity index (χ4n) is 1.92. The first-order valence-electron chi connectivity index (χ1n) is 6.29. The Morgan fingerprint density at radius 3 is 3.05 bits per heavy atom. The Labute approximate surface area is 115 Å². The second-order valence-corrected chi connectivity index (χ2v) is 5.98. The van der Waals surface area contributed by atoms with E-state index in [1.807, 2.05) is 19.1 Å². The molecule has 1 aliphatic carbocycles. The molecule has 0 radical (unpaired) electrons. The zero-order chi connectivity index (χ0) is 13.2. The van der Waals surface area contributed by atoms with E-state index in [9.17, 15) is 0 Å². The van der Waals surface area contributed by atoms with Crippen molar-refractivity contribution in [1.82, 2.24) is 14.8 Å². The first-order chi connectivity index (χ1) is 9.28. The van der Waals surface area contributed by atoms with E-state index < -0.39 is 0 Å². The van der Waals surface area contributed by atoms with Crippen molar-refractivity contribution in [2.75, 3.05) is 0 Å². The quantitative estimate of drug-likeness (QED) is 0.784. The summed E-state index contributed by atoms with van der Waals surface area (Å²) in [6.07, 6.45) is 4.02. The molecule has 0 bridgehead atoms. The highest BCUT2D eigenvalue weighted by atomic mass is 32.2. The lowest BCUT2D eigenvalue weighted by Crippen LogP contribution is -2.06. The average Bonchev–Trinajstić information content (AvgIpc) is 2.99. The third-order valence-corrected chi connectivity index (χ3v) is 4.02. The molecule has 0 N–H and O–H groups in total. The first-order valence-corrected chi connectivity index (χ1v) is 7.17. The van der Waals surface area contributed by atoms with Gasteiger partial charge in [-0.05, 0) is 31.9 Å². The lowest BCUT2D eigenvalue weighted by Gasteiger charge is -2.08. The maximum absolute atomic E-state index is 8.93. The molecule has 0 spiro atoms. The lowest BCUT2D eigenvalue weighted by molar-refractivity contribution is 0.478. The summed E-state index contributed by atoms with van der Waals surface area (Å²) in [5.74, 6) is 2.42. The van der Waals surface area contributed by atoms with Crippen LogP contribution in [0.4, 0.5) is 0 Å². The number of aromatic nitrogens is 3. The van der Waals surface area contributed by atoms with Gasteiger partial charge in [0.25, 0.3) is 0 Å². The Balaban J connectivity index is 1.89. The summed E-state index contributed by atoms with van der Waals surface area (Å²) >= 11 is 1.44. The van der Waals surface area contributed by atoms with E-state index in [1.54, 1.807) is 6.26 Å². The molecule has 3 rings (SSSR count). The van der Waals surface area contributed by atoms with Crippen LogP contribution in [0.15, 0.2) is 28.0 Å². The van der Waals surface area contributed by atoms with Crippen molar-refractivity contribution in [2.45, 2.75) is 42.6 Å². The second kappa shape index (κ2) is 5.10. The Bertz CT molecular complexity index is 595. The summed E-state index contributed by atoms with van der Waals surface area (Å²) in [5, 5.41) is 18.1. The molecule has 2 heterocycles. The molecule has 1 saturated carbocycles. The van der Waals surface area contributed by atoms with E-state index in [0.29, 0.717) is 12.5 Å². The van der Waals surface area contributed by atoms with Gasteiger partial charge in [0.15, 0.2) is 5.16 Å². The number of hydrogen-bond acceptors (Lipinski definition) is 5. The van der Waals surface area contributed by atoms with Crippen molar-refractivity contribution >= 4 is 11.8 Å². The summed E-state index contributed by atoms with van der Waals surface area (Å²) in [6.45, 7) is 2.50. The van der Waals surface area contributed by atoms with Gasteiger partial charge in [-0.25, -0.2) is 0 Å². The van der Waals surface area contributed by atoms with Crippen molar-refractivity contribution in [3.05, 3.63) is 30.0 Å². The maximum Gasteiger partial charge on any atom is 0.192 e. The standard InChI is InChI=1S/C13H14N4OS/c1-9(7-14)19-13-16-15-12(10-4-5-10)17(13)8-11-3-2-6-18-11/h2-3,6,9-10H,4-5,8H2,1H3. The number of thioether (sulfide) groups is 1.